The third-order valence-electron chi connectivity index (χ3n) is 3.35. The van der Waals surface area contributed by atoms with E-state index >= 15 is 0 Å². The van der Waals surface area contributed by atoms with E-state index in [1.807, 2.05) is 67.3 Å². The third kappa shape index (κ3) is 2.79. The van der Waals surface area contributed by atoms with E-state index in [1.54, 1.807) is 0 Å². The van der Waals surface area contributed by atoms with Crippen molar-refractivity contribution < 1.29 is 0 Å². The van der Waals surface area contributed by atoms with Crippen LogP contribution in [0.2, 0.25) is 0 Å². The molecule has 0 unspecified atom stereocenters. The molecular weight excluding hydrogens is 260 g/mol. The molecule has 4 heteroatoms. The van der Waals surface area contributed by atoms with Gasteiger partial charge in [-0.1, -0.05) is 53.7 Å². The molecule has 0 fully saturated rings. The number of hydrogen-bond donors (Lipinski definition) is 0. The molecule has 1 aromatic heterocycles. The number of benzene rings is 2. The molecule has 0 atom stereocenters. The Hall–Kier alpha value is -2.62. The minimum absolute atomic E-state index is 0.779. The summed E-state index contributed by atoms with van der Waals surface area (Å²) in [5.74, 6) is 1.02. The lowest BCUT2D eigenvalue weighted by atomic mass is 10.1. The monoisotopic (exact) mass is 278 g/mol. The van der Waals surface area contributed by atoms with Crippen LogP contribution in [0.5, 0.6) is 0 Å². The zero-order chi connectivity index (χ0) is 14.7. The van der Waals surface area contributed by atoms with Crippen LogP contribution in [0.1, 0.15) is 11.3 Å². The highest BCUT2D eigenvalue weighted by Gasteiger charge is 2.16. The third-order valence-corrected chi connectivity index (χ3v) is 3.35. The zero-order valence-electron chi connectivity index (χ0n) is 12.3. The van der Waals surface area contributed by atoms with Crippen LogP contribution in [0.3, 0.4) is 0 Å². The Balaban J connectivity index is 2.01. The van der Waals surface area contributed by atoms with Gasteiger partial charge in [-0.2, -0.15) is 4.68 Å². The first-order valence-corrected chi connectivity index (χ1v) is 6.97. The summed E-state index contributed by atoms with van der Waals surface area (Å²) in [5.41, 5.74) is 3.24. The lowest BCUT2D eigenvalue weighted by molar-refractivity contribution is 0.790. The Bertz CT molecular complexity index is 702. The summed E-state index contributed by atoms with van der Waals surface area (Å²) in [7, 11) is 4.04. The summed E-state index contributed by atoms with van der Waals surface area (Å²) >= 11 is 0. The number of para-hydroxylation sites is 1. The number of hydrogen-bond acceptors (Lipinski definition) is 3. The van der Waals surface area contributed by atoms with Gasteiger partial charge in [-0.3, -0.25) is 0 Å². The van der Waals surface area contributed by atoms with E-state index in [2.05, 4.69) is 27.3 Å². The van der Waals surface area contributed by atoms with Gasteiger partial charge in [0, 0.05) is 20.5 Å². The van der Waals surface area contributed by atoms with Crippen molar-refractivity contribution in [3.63, 3.8) is 0 Å². The van der Waals surface area contributed by atoms with E-state index in [9.17, 15) is 0 Å². The first-order chi connectivity index (χ1) is 10.3. The Kier molecular flexibility index (Phi) is 3.69. The summed E-state index contributed by atoms with van der Waals surface area (Å²) < 4.78 is 1.89. The highest BCUT2D eigenvalue weighted by Crippen LogP contribution is 2.22. The minimum atomic E-state index is 0.779. The molecule has 3 aromatic rings. The van der Waals surface area contributed by atoms with Crippen LogP contribution in [0.4, 0.5) is 5.82 Å². The fourth-order valence-electron chi connectivity index (χ4n) is 2.40. The molecule has 0 saturated heterocycles. The topological polar surface area (TPSA) is 34.0 Å². The predicted octanol–water partition coefficient (Wildman–Crippen LogP) is 2.92. The molecule has 3 rings (SSSR count). The maximum absolute atomic E-state index is 4.38. The molecule has 0 spiro atoms. The number of anilines is 1. The average molecular weight is 278 g/mol. The lowest BCUT2D eigenvalue weighted by Crippen LogP contribution is -2.16. The number of aromatic nitrogens is 3. The van der Waals surface area contributed by atoms with Gasteiger partial charge >= 0.3 is 0 Å². The standard InChI is InChI=1S/C17H18N4/c1-20(2)17-16(13-14-9-5-3-6-10-14)18-19-21(17)15-11-7-4-8-12-15/h3-12H,13H2,1-2H3. The smallest absolute Gasteiger partial charge is 0.156 e. The summed E-state index contributed by atoms with van der Waals surface area (Å²) in [5, 5.41) is 8.71. The van der Waals surface area contributed by atoms with Gasteiger partial charge in [-0.05, 0) is 17.7 Å². The molecule has 21 heavy (non-hydrogen) atoms. The van der Waals surface area contributed by atoms with Crippen molar-refractivity contribution in [2.75, 3.05) is 19.0 Å². The Morgan fingerprint density at radius 2 is 1.52 bits per heavy atom. The highest BCUT2D eigenvalue weighted by molar-refractivity contribution is 5.50. The van der Waals surface area contributed by atoms with Gasteiger partial charge < -0.3 is 4.90 Å². The second-order valence-corrected chi connectivity index (χ2v) is 5.16. The predicted molar refractivity (Wildman–Crippen MR) is 84.9 cm³/mol. The van der Waals surface area contributed by atoms with Crippen LogP contribution in [-0.2, 0) is 6.42 Å². The first-order valence-electron chi connectivity index (χ1n) is 6.97. The number of rotatable bonds is 4. The Morgan fingerprint density at radius 3 is 2.14 bits per heavy atom. The molecule has 0 radical (unpaired) electrons. The van der Waals surface area contributed by atoms with Crippen LogP contribution in [-0.4, -0.2) is 29.1 Å². The minimum Gasteiger partial charge on any atom is -0.361 e. The van der Waals surface area contributed by atoms with Crippen molar-refractivity contribution in [2.45, 2.75) is 6.42 Å². The normalized spacial score (nSPS) is 10.6. The van der Waals surface area contributed by atoms with E-state index < -0.39 is 0 Å². The van der Waals surface area contributed by atoms with E-state index in [1.165, 1.54) is 5.56 Å². The summed E-state index contributed by atoms with van der Waals surface area (Å²) in [4.78, 5) is 2.06. The summed E-state index contributed by atoms with van der Waals surface area (Å²) in [6.45, 7) is 0. The highest BCUT2D eigenvalue weighted by atomic mass is 15.5. The molecular formula is C17H18N4. The molecule has 1 heterocycles. The molecule has 0 bridgehead atoms. The van der Waals surface area contributed by atoms with Crippen molar-refractivity contribution in [2.24, 2.45) is 0 Å². The fourth-order valence-corrected chi connectivity index (χ4v) is 2.40. The van der Waals surface area contributed by atoms with Crippen LogP contribution in [0.25, 0.3) is 5.69 Å². The van der Waals surface area contributed by atoms with E-state index in [4.69, 9.17) is 0 Å². The second kappa shape index (κ2) is 5.79. The molecule has 2 aromatic carbocycles. The Labute approximate surface area is 124 Å². The molecule has 4 nitrogen and oxygen atoms in total. The van der Waals surface area contributed by atoms with E-state index in [-0.39, 0.29) is 0 Å². The largest absolute Gasteiger partial charge is 0.361 e. The SMILES string of the molecule is CN(C)c1c(Cc2ccccc2)nnn1-c1ccccc1. The average Bonchev–Trinajstić information content (AvgIpc) is 2.93. The molecule has 0 aliphatic rings. The van der Waals surface area contributed by atoms with Gasteiger partial charge in [0.2, 0.25) is 0 Å². The molecule has 0 aliphatic heterocycles. The Morgan fingerprint density at radius 1 is 0.905 bits per heavy atom. The van der Waals surface area contributed by atoms with Gasteiger partial charge in [0.15, 0.2) is 5.82 Å². The second-order valence-electron chi connectivity index (χ2n) is 5.16. The van der Waals surface area contributed by atoms with Gasteiger partial charge in [-0.15, -0.1) is 5.10 Å². The summed E-state index contributed by atoms with van der Waals surface area (Å²) in [6.07, 6.45) is 0.779. The molecule has 0 saturated carbocycles. The van der Waals surface area contributed by atoms with Gasteiger partial charge in [0.05, 0.1) is 5.69 Å². The summed E-state index contributed by atoms with van der Waals surface area (Å²) in [6, 6.07) is 20.4. The maximum Gasteiger partial charge on any atom is 0.156 e. The van der Waals surface area contributed by atoms with Crippen LogP contribution < -0.4 is 4.90 Å². The first kappa shape index (κ1) is 13.4. The van der Waals surface area contributed by atoms with Crippen molar-refractivity contribution in [3.05, 3.63) is 71.9 Å². The number of nitrogens with zero attached hydrogens (tertiary/aromatic N) is 4. The molecule has 0 amide bonds. The van der Waals surface area contributed by atoms with Gasteiger partial charge in [0.25, 0.3) is 0 Å². The van der Waals surface area contributed by atoms with Crippen molar-refractivity contribution in [1.29, 1.82) is 0 Å². The quantitative estimate of drug-likeness (QED) is 0.736. The van der Waals surface area contributed by atoms with E-state index in [0.29, 0.717) is 0 Å². The van der Waals surface area contributed by atoms with Crippen LogP contribution in [0.15, 0.2) is 60.7 Å². The van der Waals surface area contributed by atoms with Crippen molar-refractivity contribution >= 4 is 5.82 Å². The molecule has 0 N–H and O–H groups in total. The van der Waals surface area contributed by atoms with Crippen molar-refractivity contribution in [1.82, 2.24) is 15.0 Å². The zero-order valence-corrected chi connectivity index (χ0v) is 12.3. The van der Waals surface area contributed by atoms with Gasteiger partial charge in [0.1, 0.15) is 5.69 Å². The van der Waals surface area contributed by atoms with Crippen molar-refractivity contribution in [3.8, 4) is 5.69 Å². The van der Waals surface area contributed by atoms with E-state index in [0.717, 1.165) is 23.6 Å². The molecule has 0 aliphatic carbocycles. The fraction of sp³-hybridized carbons (Fsp3) is 0.176. The van der Waals surface area contributed by atoms with Crippen LogP contribution in [0, 0.1) is 0 Å². The maximum atomic E-state index is 4.38. The lowest BCUT2D eigenvalue weighted by Gasteiger charge is -2.15. The van der Waals surface area contributed by atoms with Gasteiger partial charge in [-0.25, -0.2) is 0 Å². The molecule has 106 valence electrons. The van der Waals surface area contributed by atoms with Crippen LogP contribution >= 0.6 is 0 Å².